The molecule has 0 amide bonds. The van der Waals surface area contributed by atoms with Gasteiger partial charge in [0.1, 0.15) is 12.2 Å². The smallest absolute Gasteiger partial charge is 0.158 e. The van der Waals surface area contributed by atoms with Crippen molar-refractivity contribution in [2.45, 2.75) is 25.9 Å². The normalized spacial score (nSPS) is 12.5. The molecule has 0 aliphatic heterocycles. The van der Waals surface area contributed by atoms with Gasteiger partial charge in [0.15, 0.2) is 5.76 Å². The third kappa shape index (κ3) is 3.00. The molecule has 1 unspecified atom stereocenters. The Kier molecular flexibility index (Phi) is 3.79. The van der Waals surface area contributed by atoms with Crippen LogP contribution in [0, 0.1) is 0 Å². The van der Waals surface area contributed by atoms with Gasteiger partial charge in [-0.25, -0.2) is 4.68 Å². The molecule has 0 saturated carbocycles. The van der Waals surface area contributed by atoms with E-state index in [0.717, 1.165) is 29.1 Å². The topological polar surface area (TPSA) is 82.8 Å². The molecule has 0 bridgehead atoms. The van der Waals surface area contributed by atoms with Crippen LogP contribution in [-0.4, -0.2) is 20.2 Å². The lowest BCUT2D eigenvalue weighted by atomic mass is 10.1. The Balaban J connectivity index is 1.74. The highest BCUT2D eigenvalue weighted by molar-refractivity contribution is 5.58. The van der Waals surface area contributed by atoms with E-state index in [4.69, 9.17) is 10.3 Å². The molecule has 0 aliphatic rings. The second-order valence-corrected chi connectivity index (χ2v) is 4.90. The van der Waals surface area contributed by atoms with Crippen LogP contribution >= 0.6 is 0 Å². The Morgan fingerprint density at radius 2 is 2.10 bits per heavy atom. The van der Waals surface area contributed by atoms with Crippen molar-refractivity contribution >= 4 is 0 Å². The average Bonchev–Trinajstić information content (AvgIpc) is 3.17. The molecule has 0 radical (unpaired) electrons. The lowest BCUT2D eigenvalue weighted by Crippen LogP contribution is -2.08. The fourth-order valence-corrected chi connectivity index (χ4v) is 2.06. The zero-order valence-corrected chi connectivity index (χ0v) is 11.8. The molecule has 3 rings (SSSR count). The van der Waals surface area contributed by atoms with E-state index in [2.05, 4.69) is 15.5 Å². The van der Waals surface area contributed by atoms with E-state index in [9.17, 15) is 0 Å². The molecule has 0 aliphatic carbocycles. The van der Waals surface area contributed by atoms with Crippen molar-refractivity contribution < 1.29 is 4.52 Å². The minimum Gasteiger partial charge on any atom is -0.359 e. The molecule has 3 aromatic rings. The minimum absolute atomic E-state index is 0.0756. The van der Waals surface area contributed by atoms with Crippen molar-refractivity contribution in [1.29, 1.82) is 0 Å². The zero-order chi connectivity index (χ0) is 14.7. The summed E-state index contributed by atoms with van der Waals surface area (Å²) in [6.45, 7) is 2.51. The molecule has 2 heterocycles. The van der Waals surface area contributed by atoms with Crippen LogP contribution in [0.2, 0.25) is 0 Å². The summed E-state index contributed by atoms with van der Waals surface area (Å²) in [6.07, 6.45) is 2.68. The van der Waals surface area contributed by atoms with Gasteiger partial charge in [0.25, 0.3) is 0 Å². The third-order valence-electron chi connectivity index (χ3n) is 3.32. The summed E-state index contributed by atoms with van der Waals surface area (Å²) in [5, 5.41) is 12.2. The summed E-state index contributed by atoms with van der Waals surface area (Å²) >= 11 is 0. The number of nitrogens with two attached hydrogens (primary N) is 1. The Hall–Kier alpha value is -2.47. The van der Waals surface area contributed by atoms with Gasteiger partial charge in [-0.1, -0.05) is 47.6 Å². The van der Waals surface area contributed by atoms with Crippen LogP contribution in [-0.2, 0) is 6.54 Å². The van der Waals surface area contributed by atoms with Gasteiger partial charge in [0, 0.05) is 11.6 Å². The fraction of sp³-hybridized carbons (Fsp3) is 0.267. The average molecular weight is 283 g/mol. The predicted octanol–water partition coefficient (Wildman–Crippen LogP) is 2.39. The van der Waals surface area contributed by atoms with E-state index < -0.39 is 0 Å². The molecule has 108 valence electrons. The molecule has 6 nitrogen and oxygen atoms in total. The SMILES string of the molecule is CCC(N)c1cn(Cc2cc(-c3ccccc3)no2)nn1. The van der Waals surface area contributed by atoms with Crippen LogP contribution in [0.3, 0.4) is 0 Å². The summed E-state index contributed by atoms with van der Waals surface area (Å²) in [6, 6.07) is 11.7. The third-order valence-corrected chi connectivity index (χ3v) is 3.32. The Labute approximate surface area is 122 Å². The summed E-state index contributed by atoms with van der Waals surface area (Å²) in [4.78, 5) is 0. The number of hydrogen-bond acceptors (Lipinski definition) is 5. The van der Waals surface area contributed by atoms with E-state index >= 15 is 0 Å². The van der Waals surface area contributed by atoms with E-state index in [1.54, 1.807) is 4.68 Å². The van der Waals surface area contributed by atoms with Crippen LogP contribution in [0.4, 0.5) is 0 Å². The molecule has 2 aromatic heterocycles. The number of aromatic nitrogens is 4. The molecule has 0 saturated heterocycles. The van der Waals surface area contributed by atoms with E-state index in [1.807, 2.05) is 49.5 Å². The molecular formula is C15H17N5O. The summed E-state index contributed by atoms with van der Waals surface area (Å²) in [7, 11) is 0. The highest BCUT2D eigenvalue weighted by atomic mass is 16.5. The number of hydrogen-bond donors (Lipinski definition) is 1. The number of rotatable bonds is 5. The largest absolute Gasteiger partial charge is 0.359 e. The van der Waals surface area contributed by atoms with Crippen molar-refractivity contribution in [2.75, 3.05) is 0 Å². The minimum atomic E-state index is -0.0756. The summed E-state index contributed by atoms with van der Waals surface area (Å²) < 4.78 is 7.06. The highest BCUT2D eigenvalue weighted by Crippen LogP contribution is 2.19. The van der Waals surface area contributed by atoms with Gasteiger partial charge in [0.2, 0.25) is 0 Å². The van der Waals surface area contributed by atoms with Crippen molar-refractivity contribution in [2.24, 2.45) is 5.73 Å². The summed E-state index contributed by atoms with van der Waals surface area (Å²) in [5.74, 6) is 0.732. The Morgan fingerprint density at radius 1 is 1.29 bits per heavy atom. The van der Waals surface area contributed by atoms with Crippen LogP contribution in [0.1, 0.15) is 30.8 Å². The van der Waals surface area contributed by atoms with Gasteiger partial charge in [-0.2, -0.15) is 0 Å². The number of nitrogens with zero attached hydrogens (tertiary/aromatic N) is 4. The van der Waals surface area contributed by atoms with Gasteiger partial charge in [-0.15, -0.1) is 5.10 Å². The second kappa shape index (κ2) is 5.88. The van der Waals surface area contributed by atoms with Gasteiger partial charge >= 0.3 is 0 Å². The maximum absolute atomic E-state index is 5.93. The van der Waals surface area contributed by atoms with Gasteiger partial charge in [-0.3, -0.25) is 0 Å². The van der Waals surface area contributed by atoms with Gasteiger partial charge in [0.05, 0.1) is 17.9 Å². The fourth-order valence-electron chi connectivity index (χ4n) is 2.06. The van der Waals surface area contributed by atoms with E-state index in [-0.39, 0.29) is 6.04 Å². The van der Waals surface area contributed by atoms with Crippen molar-refractivity contribution in [3.05, 3.63) is 54.0 Å². The van der Waals surface area contributed by atoms with Gasteiger partial charge in [-0.05, 0) is 6.42 Å². The standard InChI is InChI=1S/C15H17N5O/c1-2-13(16)15-10-20(19-17-15)9-12-8-14(18-21-12)11-6-4-3-5-7-11/h3-8,10,13H,2,9,16H2,1H3. The first kappa shape index (κ1) is 13.5. The van der Waals surface area contributed by atoms with Crippen molar-refractivity contribution in [3.8, 4) is 11.3 Å². The maximum Gasteiger partial charge on any atom is 0.158 e. The van der Waals surface area contributed by atoms with Crippen molar-refractivity contribution in [1.82, 2.24) is 20.2 Å². The lowest BCUT2D eigenvalue weighted by Gasteiger charge is -2.01. The van der Waals surface area contributed by atoms with Crippen LogP contribution in [0.15, 0.2) is 47.1 Å². The van der Waals surface area contributed by atoms with E-state index in [0.29, 0.717) is 6.54 Å². The van der Waals surface area contributed by atoms with Crippen LogP contribution < -0.4 is 5.73 Å². The molecule has 0 fully saturated rings. The Morgan fingerprint density at radius 3 is 2.86 bits per heavy atom. The highest BCUT2D eigenvalue weighted by Gasteiger charge is 2.11. The lowest BCUT2D eigenvalue weighted by molar-refractivity contribution is 0.372. The second-order valence-electron chi connectivity index (χ2n) is 4.90. The predicted molar refractivity (Wildman–Crippen MR) is 78.3 cm³/mol. The quantitative estimate of drug-likeness (QED) is 0.777. The van der Waals surface area contributed by atoms with Crippen LogP contribution in [0.25, 0.3) is 11.3 Å². The van der Waals surface area contributed by atoms with E-state index in [1.165, 1.54) is 0 Å². The molecule has 6 heteroatoms. The zero-order valence-electron chi connectivity index (χ0n) is 11.8. The first-order chi connectivity index (χ1) is 10.3. The molecule has 2 N–H and O–H groups in total. The van der Waals surface area contributed by atoms with Crippen LogP contribution in [0.5, 0.6) is 0 Å². The first-order valence-corrected chi connectivity index (χ1v) is 6.93. The molecule has 1 aromatic carbocycles. The maximum atomic E-state index is 5.93. The molecule has 21 heavy (non-hydrogen) atoms. The molecule has 1 atom stereocenters. The summed E-state index contributed by atoms with van der Waals surface area (Å²) in [5.41, 5.74) is 8.56. The Bertz CT molecular complexity index is 704. The molecule has 0 spiro atoms. The first-order valence-electron chi connectivity index (χ1n) is 6.93. The monoisotopic (exact) mass is 283 g/mol. The van der Waals surface area contributed by atoms with Gasteiger partial charge < -0.3 is 10.3 Å². The molecular weight excluding hydrogens is 266 g/mol. The number of benzene rings is 1. The van der Waals surface area contributed by atoms with Crippen molar-refractivity contribution in [3.63, 3.8) is 0 Å².